The van der Waals surface area contributed by atoms with Gasteiger partial charge in [0.1, 0.15) is 18.5 Å². The number of pyridine rings is 1. The van der Waals surface area contributed by atoms with E-state index in [4.69, 9.17) is 67.1 Å². The fourth-order valence-corrected chi connectivity index (χ4v) is 4.89. The monoisotopic (exact) mass is 1290 g/mol. The summed E-state index contributed by atoms with van der Waals surface area (Å²) in [5.74, 6) is 9.22. The van der Waals surface area contributed by atoms with E-state index in [1.807, 2.05) is 149 Å². The lowest BCUT2D eigenvalue weighted by molar-refractivity contribution is -0.130. The molecule has 532 valence electrons. The molecule has 1 aliphatic heterocycles. The number of hydrogen-bond donors (Lipinski definition) is 1. The number of carbonyl (C=O) groups excluding carboxylic acids is 1. The first-order chi connectivity index (χ1) is 42.2. The van der Waals surface area contributed by atoms with Crippen LogP contribution in [0.1, 0.15) is 238 Å². The smallest absolute Gasteiger partial charge is 0.224 e. The molecule has 1 saturated heterocycles. The van der Waals surface area contributed by atoms with Gasteiger partial charge in [-0.1, -0.05) is 89.2 Å². The van der Waals surface area contributed by atoms with Gasteiger partial charge in [0, 0.05) is 77.9 Å². The number of terminal acetylenes is 2. The number of amides is 1. The average Bonchev–Trinajstić information content (AvgIpc) is 3.66. The molecule has 91 heavy (non-hydrogen) atoms. The number of ether oxygens (including phenoxy) is 7. The Bertz CT molecular complexity index is 1850. The van der Waals surface area contributed by atoms with Gasteiger partial charge >= 0.3 is 0 Å². The van der Waals surface area contributed by atoms with Crippen LogP contribution in [-0.4, -0.2) is 143 Å². The highest BCUT2D eigenvalue weighted by molar-refractivity contribution is 5.75. The van der Waals surface area contributed by atoms with Gasteiger partial charge in [-0.05, 0) is 173 Å². The summed E-state index contributed by atoms with van der Waals surface area (Å²) < 4.78 is 36.4. The van der Waals surface area contributed by atoms with Crippen molar-refractivity contribution in [1.29, 1.82) is 21.0 Å². The Hall–Kier alpha value is -5.24. The molecule has 0 spiro atoms. The first kappa shape index (κ1) is 107. The second kappa shape index (κ2) is 82.8. The zero-order valence-corrected chi connectivity index (χ0v) is 64.6. The number of nitrogens with zero attached hydrogens (tertiary/aromatic N) is 7. The topological polar surface area (TPSA) is 208 Å². The third kappa shape index (κ3) is 138. The lowest BCUT2D eigenvalue weighted by Gasteiger charge is -2.30. The predicted molar refractivity (Wildman–Crippen MR) is 387 cm³/mol. The molecule has 2 rings (SSSR count). The van der Waals surface area contributed by atoms with Gasteiger partial charge in [-0.25, -0.2) is 0 Å². The van der Waals surface area contributed by atoms with E-state index in [0.717, 1.165) is 36.8 Å². The Balaban J connectivity index is -0.0000000992. The number of nitriles is 4. The van der Waals surface area contributed by atoms with Crippen molar-refractivity contribution in [3.63, 3.8) is 0 Å². The average molecular weight is 1290 g/mol. The maximum atomic E-state index is 11.0. The molecule has 2 heterocycles. The molecule has 1 fully saturated rings. The Morgan fingerprint density at radius 3 is 1.38 bits per heavy atom. The number of carbonyl (C=O) groups is 1. The summed E-state index contributed by atoms with van der Waals surface area (Å²) >= 11 is 0. The highest BCUT2D eigenvalue weighted by Gasteiger charge is 2.17. The molecule has 16 nitrogen and oxygen atoms in total. The second-order valence-electron chi connectivity index (χ2n) is 25.0. The van der Waals surface area contributed by atoms with Crippen LogP contribution in [0.4, 0.5) is 0 Å². The molecule has 1 atom stereocenters. The Kier molecular flexibility index (Phi) is 97.6. The van der Waals surface area contributed by atoms with Crippen molar-refractivity contribution in [3.05, 3.63) is 36.8 Å². The van der Waals surface area contributed by atoms with E-state index in [1.54, 1.807) is 38.3 Å². The van der Waals surface area contributed by atoms with E-state index >= 15 is 0 Å². The van der Waals surface area contributed by atoms with E-state index in [1.165, 1.54) is 32.4 Å². The molecule has 0 bridgehead atoms. The molecular formula is C75H144N8O8. The number of likely N-dealkylation sites (tertiary alicyclic amines) is 1. The van der Waals surface area contributed by atoms with Gasteiger partial charge in [-0.15, -0.1) is 24.7 Å². The maximum Gasteiger partial charge on any atom is 0.224 e. The minimum atomic E-state index is -0.269. The van der Waals surface area contributed by atoms with Crippen LogP contribution in [0.2, 0.25) is 0 Å². The minimum Gasteiger partial charge on any atom is -0.489 e. The number of rotatable bonds is 23. The zero-order valence-electron chi connectivity index (χ0n) is 64.6. The van der Waals surface area contributed by atoms with Crippen LogP contribution >= 0.6 is 0 Å². The Morgan fingerprint density at radius 2 is 1.16 bits per heavy atom. The first-order valence-corrected chi connectivity index (χ1v) is 33.2. The Labute approximate surface area is 564 Å². The third-order valence-corrected chi connectivity index (χ3v) is 10.00. The highest BCUT2D eigenvalue weighted by Crippen LogP contribution is 2.13. The van der Waals surface area contributed by atoms with Crippen LogP contribution in [0.5, 0.6) is 5.75 Å². The molecular weight excluding hydrogens is 1140 g/mol. The van der Waals surface area contributed by atoms with Gasteiger partial charge in [-0.3, -0.25) is 9.78 Å². The highest BCUT2D eigenvalue weighted by atomic mass is 16.5. The maximum absolute atomic E-state index is 11.0. The molecule has 0 saturated carbocycles. The summed E-state index contributed by atoms with van der Waals surface area (Å²) in [6.45, 7) is 62.9. The van der Waals surface area contributed by atoms with E-state index in [0.29, 0.717) is 74.5 Å². The fourth-order valence-electron chi connectivity index (χ4n) is 4.89. The predicted octanol–water partition coefficient (Wildman–Crippen LogP) is 17.6. The second-order valence-corrected chi connectivity index (χ2v) is 25.0. The number of nitrogens with one attached hydrogen (secondary N) is 1. The molecule has 1 unspecified atom stereocenters. The molecule has 1 N–H and O–H groups in total. The Morgan fingerprint density at radius 1 is 0.681 bits per heavy atom. The van der Waals surface area contributed by atoms with Crippen molar-refractivity contribution >= 4 is 5.91 Å². The molecule has 0 radical (unpaired) electrons. The summed E-state index contributed by atoms with van der Waals surface area (Å²) in [6, 6.07) is 11.8. The van der Waals surface area contributed by atoms with Crippen molar-refractivity contribution in [2.24, 2.45) is 29.6 Å². The van der Waals surface area contributed by atoms with Crippen LogP contribution in [0.15, 0.2) is 36.8 Å². The molecule has 1 aromatic heterocycles. The molecule has 1 aromatic rings. The molecule has 16 heteroatoms. The summed E-state index contributed by atoms with van der Waals surface area (Å²) in [5.41, 5.74) is 0.920. The van der Waals surface area contributed by atoms with Crippen molar-refractivity contribution in [3.8, 4) is 54.7 Å². The van der Waals surface area contributed by atoms with Gasteiger partial charge in [0.2, 0.25) is 5.91 Å². The third-order valence-electron chi connectivity index (χ3n) is 10.00. The van der Waals surface area contributed by atoms with Gasteiger partial charge < -0.3 is 48.3 Å². The zero-order chi connectivity index (χ0) is 73.3. The summed E-state index contributed by atoms with van der Waals surface area (Å²) in [7, 11) is 7.51. The van der Waals surface area contributed by atoms with Crippen molar-refractivity contribution in [1.82, 2.24) is 20.1 Å². The van der Waals surface area contributed by atoms with Crippen molar-refractivity contribution in [2.45, 2.75) is 293 Å². The van der Waals surface area contributed by atoms with E-state index in [2.05, 4.69) is 115 Å². The number of piperidine rings is 1. The fraction of sp³-hybridized carbons (Fsp3) is 0.787. The number of aromatic nitrogens is 1. The molecule has 0 aliphatic carbocycles. The van der Waals surface area contributed by atoms with E-state index in [-0.39, 0.29) is 49.1 Å². The minimum absolute atomic E-state index is 0.116. The number of likely N-dealkylation sites (N-methyl/N-ethyl adjacent to an activating group) is 1. The molecule has 0 aromatic carbocycles. The van der Waals surface area contributed by atoms with E-state index in [9.17, 15) is 4.79 Å². The van der Waals surface area contributed by atoms with Crippen LogP contribution in [0.3, 0.4) is 0 Å². The standard InChI is InChI=1S/C9H19NO.C8H17NO2.C8H11NO.C7H15NO.C6H11NO.C6H11N.C6H10.C5H9NO.C5H9N.C5H12O.C5H12.C5H8/c1-8(2)11-9-4-6-10(3)7-5-9;1-7(2)11-6-5-8(10)9(3)4;1-7(2)10-8-4-3-5-9-6-8;1-6(2)9-5-7(3)8-4;1-5(2)8-6(3)4-7;1-6(2)4-3-5-7;1-4-5-6(2)3;1-5(2)7-4-3-6;1-5(2)3-4-6;1-4-6-5(2)3;2*1-4-5(2)3/h8-9H,4-7H2,1-3H3;7H,5-6H2,1-4H3;3-7H,1-2H3;6,8H,3,5H2,1-2,4H3;5-6H,1-3H3;6H,3-4H2,1-2H3;1,6H,5H2,2-3H3;5H,4H2,1-2H3;5H,3H2,1-2H3;5H,4H2,1-3H3;5H,4H2,1-3H3;1,5H,2-3H3. The summed E-state index contributed by atoms with van der Waals surface area (Å²) in [5, 5.41) is 35.1. The van der Waals surface area contributed by atoms with Crippen molar-refractivity contribution in [2.75, 3.05) is 67.7 Å². The largest absolute Gasteiger partial charge is 0.489 e. The lowest BCUT2D eigenvalue weighted by Crippen LogP contribution is -2.35. The van der Waals surface area contributed by atoms with Crippen LogP contribution in [-0.2, 0) is 33.2 Å². The number of hydrogen-bond acceptors (Lipinski definition) is 15. The van der Waals surface area contributed by atoms with Gasteiger partial charge in [0.15, 0.2) is 0 Å². The van der Waals surface area contributed by atoms with Crippen LogP contribution < -0.4 is 10.1 Å². The molecule has 1 amide bonds. The normalized spacial score (nSPS) is 11.3. The summed E-state index contributed by atoms with van der Waals surface area (Å²) in [4.78, 5) is 18.8. The van der Waals surface area contributed by atoms with Gasteiger partial charge in [-0.2, -0.15) is 21.0 Å². The quantitative estimate of drug-likeness (QED) is 0.101. The van der Waals surface area contributed by atoms with Crippen LogP contribution in [0.25, 0.3) is 0 Å². The van der Waals surface area contributed by atoms with Gasteiger partial charge in [0.25, 0.3) is 0 Å². The summed E-state index contributed by atoms with van der Waals surface area (Å²) in [6.07, 6.45) is 23.0. The SMILES string of the molecule is C#CC(C)C.C#CCC(C)C.C=C(COC(C)C)NC.CC(C)CC#N.CC(C)CCC#N.CC(C)OC(C)C#N.CC(C)OC1CCN(C)CC1.CC(C)OCC#N.CC(C)OCCC(=O)N(C)C.CC(C)Oc1cccnc1.CCC(C)C.CCOC(C)C. The van der Waals surface area contributed by atoms with E-state index < -0.39 is 0 Å². The van der Waals surface area contributed by atoms with Gasteiger partial charge in [0.05, 0.1) is 98.9 Å². The molecule has 1 aliphatic rings. The van der Waals surface area contributed by atoms with Crippen molar-refractivity contribution < 1.29 is 38.0 Å². The first-order valence-electron chi connectivity index (χ1n) is 33.2. The van der Waals surface area contributed by atoms with Crippen LogP contribution in [0, 0.1) is 99.6 Å². The lowest BCUT2D eigenvalue weighted by atomic mass is 10.1.